The molecule has 0 spiro atoms. The number of anilines is 1. The predicted octanol–water partition coefficient (Wildman–Crippen LogP) is 1.78. The summed E-state index contributed by atoms with van der Waals surface area (Å²) in [5.41, 5.74) is 1.14. The molecule has 0 unspecified atom stereocenters. The van der Waals surface area contributed by atoms with E-state index in [0.29, 0.717) is 24.5 Å². The van der Waals surface area contributed by atoms with Crippen molar-refractivity contribution in [3.8, 4) is 0 Å². The average molecular weight is 294 g/mol. The van der Waals surface area contributed by atoms with Crippen LogP contribution in [0.15, 0.2) is 12.3 Å². The van der Waals surface area contributed by atoms with Crippen molar-refractivity contribution >= 4 is 17.5 Å². The van der Waals surface area contributed by atoms with Crippen LogP contribution in [0.25, 0.3) is 0 Å². The van der Waals surface area contributed by atoms with Crippen molar-refractivity contribution in [3.63, 3.8) is 0 Å². The Morgan fingerprint density at radius 3 is 2.90 bits per heavy atom. The Labute approximate surface area is 121 Å². The number of hydrogen-bond donors (Lipinski definition) is 2. The van der Waals surface area contributed by atoms with Crippen LogP contribution in [0.4, 0.5) is 16.2 Å². The summed E-state index contributed by atoms with van der Waals surface area (Å²) in [6, 6.07) is 1.44. The van der Waals surface area contributed by atoms with E-state index in [1.807, 2.05) is 11.8 Å². The molecule has 0 aromatic carbocycles. The molecule has 0 aliphatic carbocycles. The van der Waals surface area contributed by atoms with E-state index in [-0.39, 0.29) is 17.6 Å². The maximum absolute atomic E-state index is 11.1. The first-order valence-electron chi connectivity index (χ1n) is 6.72. The van der Waals surface area contributed by atoms with E-state index in [2.05, 4.69) is 10.3 Å². The minimum Gasteiger partial charge on any atom is -0.465 e. The zero-order valence-corrected chi connectivity index (χ0v) is 11.9. The normalized spacial score (nSPS) is 21.9. The standard InChI is InChI=1S/C13H18N4O4/c1-8-3-10(15-13(18)19)7-16(6-8)11-4-9(2)14-5-12(11)17(20)21/h4-5,8,10,15H,3,6-7H2,1-2H3,(H,18,19)/t8-,10+/m1/s1. The third-order valence-electron chi connectivity index (χ3n) is 3.52. The molecule has 2 rings (SSSR count). The lowest BCUT2D eigenvalue weighted by Gasteiger charge is -2.37. The summed E-state index contributed by atoms with van der Waals surface area (Å²) in [7, 11) is 0. The molecule has 2 heterocycles. The first kappa shape index (κ1) is 15.0. The van der Waals surface area contributed by atoms with Crippen LogP contribution in [0, 0.1) is 23.0 Å². The smallest absolute Gasteiger partial charge is 0.404 e. The first-order chi connectivity index (χ1) is 9.86. The Morgan fingerprint density at radius 1 is 1.57 bits per heavy atom. The Morgan fingerprint density at radius 2 is 2.29 bits per heavy atom. The summed E-state index contributed by atoms with van der Waals surface area (Å²) >= 11 is 0. The number of piperidine rings is 1. The van der Waals surface area contributed by atoms with E-state index in [1.54, 1.807) is 13.0 Å². The molecular weight excluding hydrogens is 276 g/mol. The summed E-state index contributed by atoms with van der Waals surface area (Å²) in [6.45, 7) is 4.85. The zero-order valence-electron chi connectivity index (χ0n) is 11.9. The number of rotatable bonds is 3. The van der Waals surface area contributed by atoms with Gasteiger partial charge in [0.25, 0.3) is 0 Å². The number of pyridine rings is 1. The van der Waals surface area contributed by atoms with Gasteiger partial charge in [-0.05, 0) is 25.3 Å². The maximum atomic E-state index is 11.1. The minimum atomic E-state index is -1.07. The first-order valence-corrected chi connectivity index (χ1v) is 6.72. The van der Waals surface area contributed by atoms with Crippen LogP contribution in [0.1, 0.15) is 19.0 Å². The van der Waals surface area contributed by atoms with Gasteiger partial charge >= 0.3 is 11.8 Å². The highest BCUT2D eigenvalue weighted by molar-refractivity contribution is 5.66. The summed E-state index contributed by atoms with van der Waals surface area (Å²) in [5, 5.41) is 22.5. The molecule has 1 aliphatic rings. The van der Waals surface area contributed by atoms with Crippen molar-refractivity contribution in [1.29, 1.82) is 0 Å². The molecule has 8 heteroatoms. The summed E-state index contributed by atoms with van der Waals surface area (Å²) in [6.07, 6.45) is 0.902. The number of aryl methyl sites for hydroxylation is 1. The van der Waals surface area contributed by atoms with Gasteiger partial charge in [0.2, 0.25) is 0 Å². The Bertz CT molecular complexity index is 563. The highest BCUT2D eigenvalue weighted by atomic mass is 16.6. The lowest BCUT2D eigenvalue weighted by Crippen LogP contribution is -2.50. The number of carbonyl (C=O) groups is 1. The zero-order chi connectivity index (χ0) is 15.6. The molecule has 1 fully saturated rings. The van der Waals surface area contributed by atoms with Gasteiger partial charge in [-0.3, -0.25) is 15.1 Å². The second-order valence-electron chi connectivity index (χ2n) is 5.46. The fourth-order valence-corrected chi connectivity index (χ4v) is 2.76. The molecule has 1 aromatic rings. The average Bonchev–Trinajstić information content (AvgIpc) is 2.36. The number of aromatic nitrogens is 1. The topological polar surface area (TPSA) is 109 Å². The van der Waals surface area contributed by atoms with Crippen molar-refractivity contribution in [3.05, 3.63) is 28.1 Å². The largest absolute Gasteiger partial charge is 0.465 e. The van der Waals surface area contributed by atoms with E-state index in [4.69, 9.17) is 5.11 Å². The van der Waals surface area contributed by atoms with Gasteiger partial charge in [-0.25, -0.2) is 4.79 Å². The number of nitrogens with one attached hydrogen (secondary N) is 1. The van der Waals surface area contributed by atoms with Gasteiger partial charge < -0.3 is 15.3 Å². The van der Waals surface area contributed by atoms with Crippen LogP contribution in [0.5, 0.6) is 0 Å². The molecular formula is C13H18N4O4. The number of hydrogen-bond acceptors (Lipinski definition) is 5. The van der Waals surface area contributed by atoms with Crippen molar-refractivity contribution < 1.29 is 14.8 Å². The summed E-state index contributed by atoms with van der Waals surface area (Å²) in [5.74, 6) is 0.240. The van der Waals surface area contributed by atoms with Crippen LogP contribution in [-0.4, -0.2) is 40.2 Å². The second kappa shape index (κ2) is 5.94. The van der Waals surface area contributed by atoms with Gasteiger partial charge in [0.05, 0.1) is 4.92 Å². The summed E-state index contributed by atoms with van der Waals surface area (Å²) in [4.78, 5) is 27.3. The van der Waals surface area contributed by atoms with Gasteiger partial charge in [0.15, 0.2) is 0 Å². The predicted molar refractivity (Wildman–Crippen MR) is 76.6 cm³/mol. The highest BCUT2D eigenvalue weighted by Crippen LogP contribution is 2.31. The van der Waals surface area contributed by atoms with Crippen molar-refractivity contribution in [2.24, 2.45) is 5.92 Å². The maximum Gasteiger partial charge on any atom is 0.404 e. The van der Waals surface area contributed by atoms with E-state index in [9.17, 15) is 14.9 Å². The van der Waals surface area contributed by atoms with Crippen molar-refractivity contribution in [1.82, 2.24) is 10.3 Å². The van der Waals surface area contributed by atoms with Gasteiger partial charge in [-0.15, -0.1) is 0 Å². The number of amides is 1. The molecule has 2 N–H and O–H groups in total. The Hall–Kier alpha value is -2.38. The molecule has 1 aromatic heterocycles. The van der Waals surface area contributed by atoms with Crippen molar-refractivity contribution in [2.75, 3.05) is 18.0 Å². The number of nitro groups is 1. The van der Waals surface area contributed by atoms with Gasteiger partial charge in [0, 0.05) is 24.8 Å². The molecule has 0 saturated carbocycles. The van der Waals surface area contributed by atoms with Gasteiger partial charge in [-0.2, -0.15) is 0 Å². The number of carboxylic acid groups (broad SMARTS) is 1. The quantitative estimate of drug-likeness (QED) is 0.649. The molecule has 114 valence electrons. The Balaban J connectivity index is 2.29. The van der Waals surface area contributed by atoms with Crippen LogP contribution in [-0.2, 0) is 0 Å². The van der Waals surface area contributed by atoms with Gasteiger partial charge in [0.1, 0.15) is 11.9 Å². The molecule has 1 aliphatic heterocycles. The monoisotopic (exact) mass is 294 g/mol. The lowest BCUT2D eigenvalue weighted by molar-refractivity contribution is -0.384. The van der Waals surface area contributed by atoms with Crippen LogP contribution in [0.2, 0.25) is 0 Å². The highest BCUT2D eigenvalue weighted by Gasteiger charge is 2.29. The fourth-order valence-electron chi connectivity index (χ4n) is 2.76. The third-order valence-corrected chi connectivity index (χ3v) is 3.52. The molecule has 0 radical (unpaired) electrons. The van der Waals surface area contributed by atoms with E-state index < -0.39 is 11.0 Å². The summed E-state index contributed by atoms with van der Waals surface area (Å²) < 4.78 is 0. The lowest BCUT2D eigenvalue weighted by atomic mass is 9.95. The SMILES string of the molecule is Cc1cc(N2C[C@H](C)C[C@H](NC(=O)O)C2)c([N+](=O)[O-])cn1. The second-order valence-corrected chi connectivity index (χ2v) is 5.46. The van der Waals surface area contributed by atoms with E-state index >= 15 is 0 Å². The van der Waals surface area contributed by atoms with Crippen LogP contribution in [0.3, 0.4) is 0 Å². The number of nitrogens with zero attached hydrogens (tertiary/aromatic N) is 3. The van der Waals surface area contributed by atoms with E-state index in [0.717, 1.165) is 6.42 Å². The molecule has 1 amide bonds. The molecule has 21 heavy (non-hydrogen) atoms. The van der Waals surface area contributed by atoms with E-state index in [1.165, 1.54) is 6.20 Å². The molecule has 8 nitrogen and oxygen atoms in total. The van der Waals surface area contributed by atoms with Gasteiger partial charge in [-0.1, -0.05) is 6.92 Å². The fraction of sp³-hybridized carbons (Fsp3) is 0.538. The third kappa shape index (κ3) is 3.59. The molecule has 0 bridgehead atoms. The molecule has 1 saturated heterocycles. The van der Waals surface area contributed by atoms with Crippen molar-refractivity contribution in [2.45, 2.75) is 26.3 Å². The van der Waals surface area contributed by atoms with Crippen LogP contribution < -0.4 is 10.2 Å². The Kier molecular flexibility index (Phi) is 4.25. The van der Waals surface area contributed by atoms with Crippen LogP contribution >= 0.6 is 0 Å². The molecule has 2 atom stereocenters. The minimum absolute atomic E-state index is 0.0521.